The third-order valence-corrected chi connectivity index (χ3v) is 6.02. The van der Waals surface area contributed by atoms with Crippen molar-refractivity contribution in [3.05, 3.63) is 65.7 Å². The molecule has 0 spiro atoms. The number of benzene rings is 2. The van der Waals surface area contributed by atoms with E-state index in [9.17, 15) is 18.8 Å². The maximum absolute atomic E-state index is 13.1. The molecule has 0 aliphatic carbocycles. The molecule has 1 aliphatic rings. The number of hydrogen-bond donors (Lipinski definition) is 2. The molecule has 36 heavy (non-hydrogen) atoms. The third-order valence-electron chi connectivity index (χ3n) is 5.67. The van der Waals surface area contributed by atoms with Gasteiger partial charge in [-0.1, -0.05) is 11.6 Å². The molecule has 0 bridgehead atoms. The van der Waals surface area contributed by atoms with E-state index in [0.717, 1.165) is 11.9 Å². The number of carbonyl (C=O) groups excluding carboxylic acids is 1. The molecule has 4 aromatic rings. The molecule has 5 rings (SSSR count). The lowest BCUT2D eigenvalue weighted by atomic mass is 10.2. The monoisotopic (exact) mass is 515 g/mol. The van der Waals surface area contributed by atoms with Gasteiger partial charge in [-0.05, 0) is 42.5 Å². The molecule has 2 aromatic carbocycles. The lowest BCUT2D eigenvalue weighted by molar-refractivity contribution is 0.122. The zero-order valence-electron chi connectivity index (χ0n) is 18.7. The van der Waals surface area contributed by atoms with E-state index in [1.165, 1.54) is 30.6 Å². The number of nitrogens with zero attached hydrogens (tertiary/aromatic N) is 6. The average molecular weight is 516 g/mol. The molecule has 2 aromatic heterocycles. The number of carbonyl (C=O) groups is 1. The number of hydroxylamine groups is 1. The lowest BCUT2D eigenvalue weighted by Crippen LogP contribution is -2.36. The van der Waals surface area contributed by atoms with Gasteiger partial charge in [0, 0.05) is 35.1 Å². The fourth-order valence-corrected chi connectivity index (χ4v) is 4.05. The van der Waals surface area contributed by atoms with Crippen LogP contribution in [-0.4, -0.2) is 57.1 Å². The van der Waals surface area contributed by atoms with Crippen molar-refractivity contribution in [2.45, 2.75) is 6.43 Å². The van der Waals surface area contributed by atoms with Gasteiger partial charge in [-0.3, -0.25) is 9.77 Å². The minimum absolute atomic E-state index is 0.0658. The van der Waals surface area contributed by atoms with Crippen molar-refractivity contribution in [2.24, 2.45) is 0 Å². The van der Waals surface area contributed by atoms with Crippen LogP contribution < -0.4 is 15.3 Å². The smallest absolute Gasteiger partial charge is 0.350 e. The first-order valence-corrected chi connectivity index (χ1v) is 11.3. The lowest BCUT2D eigenvalue weighted by Gasteiger charge is -2.27. The summed E-state index contributed by atoms with van der Waals surface area (Å²) in [6.45, 7) is 2.65. The number of fused-ring (bicyclic) bond motifs is 1. The third kappa shape index (κ3) is 4.65. The van der Waals surface area contributed by atoms with Gasteiger partial charge in [-0.15, -0.1) is 0 Å². The summed E-state index contributed by atoms with van der Waals surface area (Å²) >= 11 is 5.75. The molecule has 1 fully saturated rings. The topological polar surface area (TPSA) is 109 Å². The Bertz CT molecular complexity index is 1390. The number of hydrogen-bond acceptors (Lipinski definition) is 7. The van der Waals surface area contributed by atoms with Crippen LogP contribution in [0.1, 0.15) is 12.0 Å². The standard InChI is InChI=1S/C23H20ClF2N7O3/c24-18-6-1-14(11-17(18)20(25)26)30-23(34)33(35)16-4-2-15(3-5-16)32-13-29-19-21(27-12-28-22(19)32)31-7-9-36-10-8-31/h1-6,11-13,20,35H,7-10H2,(H,30,34). The van der Waals surface area contributed by atoms with E-state index in [1.807, 2.05) is 0 Å². The van der Waals surface area contributed by atoms with Gasteiger partial charge in [0.1, 0.15) is 12.7 Å². The van der Waals surface area contributed by atoms with Crippen molar-refractivity contribution >= 4 is 46.0 Å². The van der Waals surface area contributed by atoms with Gasteiger partial charge in [0.15, 0.2) is 17.0 Å². The summed E-state index contributed by atoms with van der Waals surface area (Å²) in [5, 5.41) is 13.0. The van der Waals surface area contributed by atoms with Crippen LogP contribution in [0.4, 0.5) is 30.8 Å². The second kappa shape index (κ2) is 10.0. The Hall–Kier alpha value is -3.87. The van der Waals surface area contributed by atoms with Crippen LogP contribution in [0.15, 0.2) is 55.1 Å². The molecule has 10 nitrogen and oxygen atoms in total. The maximum Gasteiger partial charge on any atom is 0.350 e. The van der Waals surface area contributed by atoms with E-state index in [0.29, 0.717) is 48.2 Å². The highest BCUT2D eigenvalue weighted by molar-refractivity contribution is 6.31. The Morgan fingerprint density at radius 2 is 1.86 bits per heavy atom. The van der Waals surface area contributed by atoms with Gasteiger partial charge >= 0.3 is 6.03 Å². The Balaban J connectivity index is 1.34. The second-order valence-electron chi connectivity index (χ2n) is 7.88. The van der Waals surface area contributed by atoms with Crippen LogP contribution in [0, 0.1) is 0 Å². The Labute approximate surface area is 208 Å². The Morgan fingerprint density at radius 1 is 1.11 bits per heavy atom. The van der Waals surface area contributed by atoms with E-state index in [2.05, 4.69) is 25.2 Å². The highest BCUT2D eigenvalue weighted by Gasteiger charge is 2.20. The van der Waals surface area contributed by atoms with Gasteiger partial charge in [-0.2, -0.15) is 5.06 Å². The van der Waals surface area contributed by atoms with Crippen molar-refractivity contribution in [1.82, 2.24) is 19.5 Å². The largest absolute Gasteiger partial charge is 0.378 e. The van der Waals surface area contributed by atoms with Crippen LogP contribution in [0.5, 0.6) is 0 Å². The first-order chi connectivity index (χ1) is 17.4. The van der Waals surface area contributed by atoms with Crippen LogP contribution in [0.2, 0.25) is 5.02 Å². The number of nitrogens with one attached hydrogen (secondary N) is 1. The van der Waals surface area contributed by atoms with E-state index < -0.39 is 18.0 Å². The summed E-state index contributed by atoms with van der Waals surface area (Å²) in [5.41, 5.74) is 1.76. The van der Waals surface area contributed by atoms with E-state index in [4.69, 9.17) is 16.3 Å². The van der Waals surface area contributed by atoms with Crippen molar-refractivity contribution < 1.29 is 23.5 Å². The number of rotatable bonds is 5. The van der Waals surface area contributed by atoms with Gasteiger partial charge in [0.2, 0.25) is 0 Å². The van der Waals surface area contributed by atoms with Crippen molar-refractivity contribution in [2.75, 3.05) is 41.6 Å². The molecule has 1 aliphatic heterocycles. The zero-order valence-corrected chi connectivity index (χ0v) is 19.4. The quantitative estimate of drug-likeness (QED) is 0.293. The molecule has 2 N–H and O–H groups in total. The number of halogens is 3. The summed E-state index contributed by atoms with van der Waals surface area (Å²) in [6, 6.07) is 9.15. The van der Waals surface area contributed by atoms with E-state index in [-0.39, 0.29) is 16.4 Å². The Kier molecular flexibility index (Phi) is 6.63. The highest BCUT2D eigenvalue weighted by Crippen LogP contribution is 2.30. The molecule has 13 heteroatoms. The number of amides is 2. The molecule has 3 heterocycles. The maximum atomic E-state index is 13.1. The van der Waals surface area contributed by atoms with Crippen LogP contribution in [0.25, 0.3) is 16.9 Å². The highest BCUT2D eigenvalue weighted by atomic mass is 35.5. The number of imidazole rings is 1. The molecule has 1 saturated heterocycles. The molecule has 0 unspecified atom stereocenters. The minimum Gasteiger partial charge on any atom is -0.378 e. The molecule has 0 radical (unpaired) electrons. The second-order valence-corrected chi connectivity index (χ2v) is 8.29. The summed E-state index contributed by atoms with van der Waals surface area (Å²) in [4.78, 5) is 27.8. The SMILES string of the molecule is O=C(Nc1ccc(Cl)c(C(F)F)c1)N(O)c1ccc(-n2cnc3c(N4CCOCC4)ncnc32)cc1. The normalized spacial score (nSPS) is 13.9. The van der Waals surface area contributed by atoms with E-state index in [1.54, 1.807) is 23.0 Å². The van der Waals surface area contributed by atoms with E-state index >= 15 is 0 Å². The first kappa shape index (κ1) is 23.9. The van der Waals surface area contributed by atoms with Gasteiger partial charge in [-0.25, -0.2) is 28.5 Å². The first-order valence-electron chi connectivity index (χ1n) is 10.9. The van der Waals surface area contributed by atoms with Crippen LogP contribution in [-0.2, 0) is 4.74 Å². The molecule has 2 amide bonds. The molecular weight excluding hydrogens is 496 g/mol. The van der Waals surface area contributed by atoms with Crippen molar-refractivity contribution in [3.63, 3.8) is 0 Å². The molecular formula is C23H20ClF2N7O3. The average Bonchev–Trinajstić information content (AvgIpc) is 3.34. The minimum atomic E-state index is -2.80. The van der Waals surface area contributed by atoms with Crippen LogP contribution >= 0.6 is 11.6 Å². The van der Waals surface area contributed by atoms with Gasteiger partial charge in [0.05, 0.1) is 18.9 Å². The summed E-state index contributed by atoms with van der Waals surface area (Å²) < 4.78 is 33.3. The van der Waals surface area contributed by atoms with Gasteiger partial charge < -0.3 is 15.0 Å². The van der Waals surface area contributed by atoms with Crippen molar-refractivity contribution in [3.8, 4) is 5.69 Å². The fraction of sp³-hybridized carbons (Fsp3) is 0.217. The number of aromatic nitrogens is 4. The Morgan fingerprint density at radius 3 is 2.58 bits per heavy atom. The summed E-state index contributed by atoms with van der Waals surface area (Å²) in [6.07, 6.45) is 0.306. The number of urea groups is 1. The number of anilines is 3. The summed E-state index contributed by atoms with van der Waals surface area (Å²) in [5.74, 6) is 0.731. The molecule has 0 atom stereocenters. The number of morpholine rings is 1. The fourth-order valence-electron chi connectivity index (χ4n) is 3.85. The van der Waals surface area contributed by atoms with Crippen molar-refractivity contribution in [1.29, 1.82) is 0 Å². The molecule has 0 saturated carbocycles. The zero-order chi connectivity index (χ0) is 25.2. The molecule has 186 valence electrons. The number of alkyl halides is 2. The van der Waals surface area contributed by atoms with Crippen LogP contribution in [0.3, 0.4) is 0 Å². The van der Waals surface area contributed by atoms with Gasteiger partial charge in [0.25, 0.3) is 6.43 Å². The number of ether oxygens (including phenoxy) is 1. The predicted molar refractivity (Wildman–Crippen MR) is 129 cm³/mol. The predicted octanol–water partition coefficient (Wildman–Crippen LogP) is 4.67. The summed E-state index contributed by atoms with van der Waals surface area (Å²) in [7, 11) is 0.